The van der Waals surface area contributed by atoms with Gasteiger partial charge in [0.1, 0.15) is 5.75 Å². The topological polar surface area (TPSA) is 50.2 Å². The van der Waals surface area contributed by atoms with Crippen LogP contribution in [0, 0.1) is 0 Å². The van der Waals surface area contributed by atoms with Crippen molar-refractivity contribution in [3.05, 3.63) is 59.8 Å². The van der Waals surface area contributed by atoms with Gasteiger partial charge < -0.3 is 5.11 Å². The van der Waals surface area contributed by atoms with Crippen LogP contribution in [0.2, 0.25) is 0 Å². The largest absolute Gasteiger partial charge is 0.508 e. The van der Waals surface area contributed by atoms with E-state index in [9.17, 15) is 9.90 Å². The Bertz CT molecular complexity index is 852. The molecule has 3 aromatic rings. The van der Waals surface area contributed by atoms with E-state index < -0.39 is 0 Å². The number of rotatable bonds is 0. The second-order valence-electron chi connectivity index (χ2n) is 4.62. The Labute approximate surface area is 109 Å². The predicted molar refractivity (Wildman–Crippen MR) is 72.3 cm³/mol. The minimum absolute atomic E-state index is 0.0214. The molecule has 90 valence electrons. The SMILES string of the molecule is O=C1c2ccccc2-c2c1cnc1cc(O)ccc21. The van der Waals surface area contributed by atoms with E-state index in [0.717, 1.165) is 22.1 Å². The van der Waals surface area contributed by atoms with Gasteiger partial charge in [0.25, 0.3) is 0 Å². The van der Waals surface area contributed by atoms with Crippen LogP contribution < -0.4 is 0 Å². The van der Waals surface area contributed by atoms with E-state index in [-0.39, 0.29) is 11.5 Å². The highest BCUT2D eigenvalue weighted by atomic mass is 16.3. The number of phenols is 1. The summed E-state index contributed by atoms with van der Waals surface area (Å²) in [5.74, 6) is 0.200. The molecular weight excluding hydrogens is 238 g/mol. The van der Waals surface area contributed by atoms with E-state index in [1.165, 1.54) is 0 Å². The van der Waals surface area contributed by atoms with Gasteiger partial charge in [-0.1, -0.05) is 24.3 Å². The normalized spacial score (nSPS) is 12.5. The Kier molecular flexibility index (Phi) is 1.85. The fourth-order valence-electron chi connectivity index (χ4n) is 2.69. The van der Waals surface area contributed by atoms with Crippen LogP contribution in [0.3, 0.4) is 0 Å². The first kappa shape index (κ1) is 10.3. The maximum absolute atomic E-state index is 12.3. The number of hydrogen-bond donors (Lipinski definition) is 1. The predicted octanol–water partition coefficient (Wildman–Crippen LogP) is 3.15. The number of fused-ring (bicyclic) bond motifs is 5. The number of aromatic nitrogens is 1. The molecule has 0 fully saturated rings. The standard InChI is InChI=1S/C16H9NO2/c18-9-5-6-12-14(7-9)17-8-13-15(12)10-3-1-2-4-11(10)16(13)19/h1-8,18H. The number of carbonyl (C=O) groups is 1. The number of pyridine rings is 1. The molecule has 0 aliphatic heterocycles. The van der Waals surface area contributed by atoms with Crippen LogP contribution in [0.25, 0.3) is 22.0 Å². The fraction of sp³-hybridized carbons (Fsp3) is 0. The zero-order valence-corrected chi connectivity index (χ0v) is 9.92. The summed E-state index contributed by atoms with van der Waals surface area (Å²) in [6.07, 6.45) is 1.60. The number of aromatic hydroxyl groups is 1. The van der Waals surface area contributed by atoms with E-state index in [1.54, 1.807) is 18.3 Å². The Morgan fingerprint density at radius 2 is 1.74 bits per heavy atom. The lowest BCUT2D eigenvalue weighted by Crippen LogP contribution is -1.95. The first-order valence-electron chi connectivity index (χ1n) is 6.01. The zero-order valence-electron chi connectivity index (χ0n) is 9.92. The molecule has 0 radical (unpaired) electrons. The summed E-state index contributed by atoms with van der Waals surface area (Å²) in [7, 11) is 0. The quantitative estimate of drug-likeness (QED) is 0.519. The molecule has 3 heteroatoms. The Hall–Kier alpha value is -2.68. The van der Waals surface area contributed by atoms with Gasteiger partial charge in [0, 0.05) is 34.3 Å². The molecule has 3 nitrogen and oxygen atoms in total. The zero-order chi connectivity index (χ0) is 13.0. The number of carbonyl (C=O) groups excluding carboxylic acids is 1. The molecule has 0 saturated carbocycles. The third-order valence-electron chi connectivity index (χ3n) is 3.54. The molecule has 2 aromatic carbocycles. The summed E-state index contributed by atoms with van der Waals surface area (Å²) in [5, 5.41) is 10.4. The van der Waals surface area contributed by atoms with Crippen molar-refractivity contribution in [2.24, 2.45) is 0 Å². The van der Waals surface area contributed by atoms with Crippen LogP contribution in [0.1, 0.15) is 15.9 Å². The smallest absolute Gasteiger partial charge is 0.195 e. The average molecular weight is 247 g/mol. The van der Waals surface area contributed by atoms with Gasteiger partial charge in [-0.2, -0.15) is 0 Å². The highest BCUT2D eigenvalue weighted by Crippen LogP contribution is 2.40. The number of ketones is 1. The molecule has 1 aliphatic carbocycles. The third-order valence-corrected chi connectivity index (χ3v) is 3.54. The van der Waals surface area contributed by atoms with E-state index in [4.69, 9.17) is 0 Å². The van der Waals surface area contributed by atoms with Gasteiger partial charge in [-0.05, 0) is 17.7 Å². The lowest BCUT2D eigenvalue weighted by molar-refractivity contribution is 0.104. The molecule has 0 saturated heterocycles. The van der Waals surface area contributed by atoms with Gasteiger partial charge in [0.05, 0.1) is 5.52 Å². The molecule has 0 atom stereocenters. The van der Waals surface area contributed by atoms with E-state index in [0.29, 0.717) is 11.1 Å². The van der Waals surface area contributed by atoms with E-state index >= 15 is 0 Å². The van der Waals surface area contributed by atoms with Crippen molar-refractivity contribution in [3.63, 3.8) is 0 Å². The maximum Gasteiger partial charge on any atom is 0.195 e. The van der Waals surface area contributed by atoms with Crippen molar-refractivity contribution in [1.29, 1.82) is 0 Å². The van der Waals surface area contributed by atoms with Crippen LogP contribution in [0.5, 0.6) is 5.75 Å². The Balaban J connectivity index is 2.19. The average Bonchev–Trinajstić information content (AvgIpc) is 2.73. The number of hydrogen-bond acceptors (Lipinski definition) is 3. The third kappa shape index (κ3) is 1.27. The molecule has 19 heavy (non-hydrogen) atoms. The monoisotopic (exact) mass is 247 g/mol. The molecule has 0 bridgehead atoms. The highest BCUT2D eigenvalue weighted by Gasteiger charge is 2.28. The first-order valence-corrected chi connectivity index (χ1v) is 6.01. The molecule has 1 heterocycles. The first-order chi connectivity index (χ1) is 9.25. The molecule has 1 N–H and O–H groups in total. The van der Waals surface area contributed by atoms with Gasteiger partial charge in [-0.3, -0.25) is 9.78 Å². The van der Waals surface area contributed by atoms with E-state index in [1.807, 2.05) is 30.3 Å². The number of nitrogens with zero attached hydrogens (tertiary/aromatic N) is 1. The van der Waals surface area contributed by atoms with Crippen LogP contribution in [0.15, 0.2) is 48.7 Å². The summed E-state index contributed by atoms with van der Waals surface area (Å²) >= 11 is 0. The summed E-state index contributed by atoms with van der Waals surface area (Å²) in [5.41, 5.74) is 3.92. The molecule has 0 spiro atoms. The molecular formula is C16H9NO2. The van der Waals surface area contributed by atoms with Crippen LogP contribution >= 0.6 is 0 Å². The molecule has 1 aliphatic rings. The van der Waals surface area contributed by atoms with Crippen molar-refractivity contribution in [3.8, 4) is 16.9 Å². The van der Waals surface area contributed by atoms with Crippen molar-refractivity contribution >= 4 is 16.7 Å². The number of benzene rings is 2. The number of phenolic OH excluding ortho intramolecular Hbond substituents is 1. The summed E-state index contributed by atoms with van der Waals surface area (Å²) < 4.78 is 0. The molecule has 0 unspecified atom stereocenters. The summed E-state index contributed by atoms with van der Waals surface area (Å²) in [4.78, 5) is 16.6. The van der Waals surface area contributed by atoms with Crippen LogP contribution in [-0.2, 0) is 0 Å². The van der Waals surface area contributed by atoms with Gasteiger partial charge in [0.15, 0.2) is 5.78 Å². The van der Waals surface area contributed by atoms with Crippen molar-refractivity contribution in [2.75, 3.05) is 0 Å². The van der Waals surface area contributed by atoms with Crippen molar-refractivity contribution in [1.82, 2.24) is 4.98 Å². The van der Waals surface area contributed by atoms with Crippen LogP contribution in [0.4, 0.5) is 0 Å². The second-order valence-corrected chi connectivity index (χ2v) is 4.62. The lowest BCUT2D eigenvalue weighted by atomic mass is 10.0. The maximum atomic E-state index is 12.3. The highest BCUT2D eigenvalue weighted by molar-refractivity contribution is 6.25. The van der Waals surface area contributed by atoms with Gasteiger partial charge in [-0.25, -0.2) is 0 Å². The fourth-order valence-corrected chi connectivity index (χ4v) is 2.69. The second kappa shape index (κ2) is 3.42. The lowest BCUT2D eigenvalue weighted by Gasteiger charge is -2.05. The summed E-state index contributed by atoms with van der Waals surface area (Å²) in [6.45, 7) is 0. The molecule has 1 aromatic heterocycles. The Morgan fingerprint density at radius 3 is 2.58 bits per heavy atom. The van der Waals surface area contributed by atoms with Crippen LogP contribution in [-0.4, -0.2) is 15.9 Å². The van der Waals surface area contributed by atoms with E-state index in [2.05, 4.69) is 4.98 Å². The van der Waals surface area contributed by atoms with Crippen molar-refractivity contribution in [2.45, 2.75) is 0 Å². The van der Waals surface area contributed by atoms with Crippen molar-refractivity contribution < 1.29 is 9.90 Å². The van der Waals surface area contributed by atoms with Gasteiger partial charge in [0.2, 0.25) is 0 Å². The van der Waals surface area contributed by atoms with Gasteiger partial charge >= 0.3 is 0 Å². The van der Waals surface area contributed by atoms with Gasteiger partial charge in [-0.15, -0.1) is 0 Å². The summed E-state index contributed by atoms with van der Waals surface area (Å²) in [6, 6.07) is 12.6. The molecule has 0 amide bonds. The Morgan fingerprint density at radius 1 is 0.947 bits per heavy atom. The minimum Gasteiger partial charge on any atom is -0.508 e. The minimum atomic E-state index is 0.0214. The molecule has 4 rings (SSSR count).